The van der Waals surface area contributed by atoms with Gasteiger partial charge in [0, 0.05) is 18.1 Å². The molecule has 0 heterocycles. The summed E-state index contributed by atoms with van der Waals surface area (Å²) in [6.45, 7) is 1.96. The van der Waals surface area contributed by atoms with Gasteiger partial charge in [-0.1, -0.05) is 23.7 Å². The Balaban J connectivity index is 1.67. The lowest BCUT2D eigenvalue weighted by Crippen LogP contribution is -2.20. The van der Waals surface area contributed by atoms with Gasteiger partial charge in [0.2, 0.25) is 0 Å². The van der Waals surface area contributed by atoms with Crippen molar-refractivity contribution in [3.63, 3.8) is 0 Å². The Bertz CT molecular complexity index is 581. The highest BCUT2D eigenvalue weighted by atomic mass is 35.5. The number of benzene rings is 2. The maximum Gasteiger partial charge on any atom is 0.335 e. The molecular weight excluding hydrogens is 290 g/mol. The predicted octanol–water partition coefficient (Wildman–Crippen LogP) is 3.21. The Morgan fingerprint density at radius 1 is 1.10 bits per heavy atom. The van der Waals surface area contributed by atoms with Gasteiger partial charge in [-0.2, -0.15) is 0 Å². The maximum absolute atomic E-state index is 10.7. The number of hydrogen-bond donors (Lipinski definition) is 2. The number of halogens is 1. The number of carbonyl (C=O) groups is 1. The number of ether oxygens (including phenoxy) is 1. The van der Waals surface area contributed by atoms with E-state index in [1.807, 2.05) is 24.3 Å². The van der Waals surface area contributed by atoms with Crippen LogP contribution in [-0.2, 0) is 6.54 Å². The highest BCUT2D eigenvalue weighted by molar-refractivity contribution is 6.30. The molecule has 0 unspecified atom stereocenters. The second-order valence-corrected chi connectivity index (χ2v) is 4.92. The number of hydrogen-bond acceptors (Lipinski definition) is 3. The molecule has 0 saturated carbocycles. The average Bonchev–Trinajstić information content (AvgIpc) is 2.49. The highest BCUT2D eigenvalue weighted by Crippen LogP contribution is 2.12. The van der Waals surface area contributed by atoms with Gasteiger partial charge in [0.1, 0.15) is 12.4 Å². The smallest absolute Gasteiger partial charge is 0.335 e. The molecule has 0 aliphatic heterocycles. The van der Waals surface area contributed by atoms with Crippen LogP contribution in [0, 0.1) is 0 Å². The molecule has 0 aliphatic rings. The molecule has 2 N–H and O–H groups in total. The van der Waals surface area contributed by atoms with Gasteiger partial charge in [-0.15, -0.1) is 0 Å². The Morgan fingerprint density at radius 3 is 2.38 bits per heavy atom. The third kappa shape index (κ3) is 5.10. The van der Waals surface area contributed by atoms with Gasteiger partial charge < -0.3 is 15.2 Å². The zero-order chi connectivity index (χ0) is 15.1. The van der Waals surface area contributed by atoms with Crippen molar-refractivity contribution in [3.8, 4) is 5.75 Å². The molecule has 5 heteroatoms. The molecule has 4 nitrogen and oxygen atoms in total. The van der Waals surface area contributed by atoms with E-state index in [2.05, 4.69) is 5.32 Å². The maximum atomic E-state index is 10.7. The van der Waals surface area contributed by atoms with Crippen LogP contribution in [0.5, 0.6) is 5.75 Å². The molecule has 0 spiro atoms. The van der Waals surface area contributed by atoms with Crippen molar-refractivity contribution < 1.29 is 14.6 Å². The van der Waals surface area contributed by atoms with Gasteiger partial charge in [-0.3, -0.25) is 0 Å². The summed E-state index contributed by atoms with van der Waals surface area (Å²) in [5, 5.41) is 12.8. The minimum atomic E-state index is -0.939. The summed E-state index contributed by atoms with van der Waals surface area (Å²) in [4.78, 5) is 10.7. The molecule has 0 aliphatic carbocycles. The van der Waals surface area contributed by atoms with Gasteiger partial charge in [0.25, 0.3) is 0 Å². The molecule has 2 aromatic rings. The number of nitrogens with one attached hydrogen (secondary N) is 1. The molecule has 0 aromatic heterocycles. The Hall–Kier alpha value is -2.04. The normalized spacial score (nSPS) is 10.3. The molecule has 2 aromatic carbocycles. The molecule has 0 saturated heterocycles. The van der Waals surface area contributed by atoms with Crippen LogP contribution in [0.15, 0.2) is 48.5 Å². The molecule has 21 heavy (non-hydrogen) atoms. The first-order valence-corrected chi connectivity index (χ1v) is 6.94. The molecule has 0 bridgehead atoms. The van der Waals surface area contributed by atoms with Crippen LogP contribution in [0.1, 0.15) is 15.9 Å². The van der Waals surface area contributed by atoms with E-state index in [1.54, 1.807) is 12.1 Å². The molecule has 0 atom stereocenters. The second-order valence-electron chi connectivity index (χ2n) is 4.48. The summed E-state index contributed by atoms with van der Waals surface area (Å²) in [6, 6.07) is 14.0. The fourth-order valence-corrected chi connectivity index (χ4v) is 1.90. The SMILES string of the molecule is O=C(O)c1ccc(OCCNCc2ccc(Cl)cc2)cc1. The molecule has 0 radical (unpaired) electrons. The van der Waals surface area contributed by atoms with Crippen LogP contribution in [0.3, 0.4) is 0 Å². The highest BCUT2D eigenvalue weighted by Gasteiger charge is 2.01. The first kappa shape index (κ1) is 15.4. The van der Waals surface area contributed by atoms with Gasteiger partial charge in [0.05, 0.1) is 5.56 Å². The third-order valence-corrected chi connectivity index (χ3v) is 3.14. The molecule has 110 valence electrons. The third-order valence-electron chi connectivity index (χ3n) is 2.89. The molecular formula is C16H16ClNO3. The summed E-state index contributed by atoms with van der Waals surface area (Å²) in [5.74, 6) is -0.278. The average molecular weight is 306 g/mol. The zero-order valence-corrected chi connectivity index (χ0v) is 12.1. The van der Waals surface area contributed by atoms with Crippen molar-refractivity contribution in [1.29, 1.82) is 0 Å². The fraction of sp³-hybridized carbons (Fsp3) is 0.188. The standard InChI is InChI=1S/C16H16ClNO3/c17-14-5-1-12(2-6-14)11-18-9-10-21-15-7-3-13(4-8-15)16(19)20/h1-8,18H,9-11H2,(H,19,20). The minimum absolute atomic E-state index is 0.253. The van der Waals surface area contributed by atoms with E-state index < -0.39 is 5.97 Å². The van der Waals surface area contributed by atoms with E-state index in [9.17, 15) is 4.79 Å². The number of aromatic carboxylic acids is 1. The predicted molar refractivity (Wildman–Crippen MR) is 82.1 cm³/mol. The van der Waals surface area contributed by atoms with Crippen LogP contribution in [0.2, 0.25) is 5.02 Å². The van der Waals surface area contributed by atoms with Gasteiger partial charge in [-0.05, 0) is 42.0 Å². The number of carboxylic acid groups (broad SMARTS) is 1. The Kier molecular flexibility index (Phi) is 5.60. The van der Waals surface area contributed by atoms with Crippen LogP contribution >= 0.6 is 11.6 Å². The largest absolute Gasteiger partial charge is 0.492 e. The second kappa shape index (κ2) is 7.67. The first-order chi connectivity index (χ1) is 10.1. The lowest BCUT2D eigenvalue weighted by molar-refractivity contribution is 0.0697. The zero-order valence-electron chi connectivity index (χ0n) is 11.4. The van der Waals surface area contributed by atoms with E-state index >= 15 is 0 Å². The van der Waals surface area contributed by atoms with E-state index in [0.29, 0.717) is 18.9 Å². The molecule has 0 amide bonds. The summed E-state index contributed by atoms with van der Waals surface area (Å²) in [5.41, 5.74) is 1.41. The minimum Gasteiger partial charge on any atom is -0.492 e. The van der Waals surface area contributed by atoms with E-state index in [1.165, 1.54) is 12.1 Å². The summed E-state index contributed by atoms with van der Waals surface area (Å²) >= 11 is 5.82. The summed E-state index contributed by atoms with van der Waals surface area (Å²) in [7, 11) is 0. The lowest BCUT2D eigenvalue weighted by Gasteiger charge is -2.08. The number of rotatable bonds is 7. The topological polar surface area (TPSA) is 58.6 Å². The monoisotopic (exact) mass is 305 g/mol. The first-order valence-electron chi connectivity index (χ1n) is 6.56. The van der Waals surface area contributed by atoms with Crippen LogP contribution in [-0.4, -0.2) is 24.2 Å². The van der Waals surface area contributed by atoms with Crippen molar-refractivity contribution in [2.45, 2.75) is 6.54 Å². The van der Waals surface area contributed by atoms with E-state index in [4.69, 9.17) is 21.4 Å². The number of carboxylic acids is 1. The Morgan fingerprint density at radius 2 is 1.76 bits per heavy atom. The van der Waals surface area contributed by atoms with E-state index in [-0.39, 0.29) is 5.56 Å². The summed E-state index contributed by atoms with van der Waals surface area (Å²) < 4.78 is 5.52. The molecule has 2 rings (SSSR count). The van der Waals surface area contributed by atoms with Crippen LogP contribution < -0.4 is 10.1 Å². The lowest BCUT2D eigenvalue weighted by atomic mass is 10.2. The van der Waals surface area contributed by atoms with Crippen molar-refractivity contribution in [1.82, 2.24) is 5.32 Å². The van der Waals surface area contributed by atoms with Gasteiger partial charge in [-0.25, -0.2) is 4.79 Å². The van der Waals surface area contributed by atoms with Crippen molar-refractivity contribution in [2.75, 3.05) is 13.2 Å². The quantitative estimate of drug-likeness (QED) is 0.771. The Labute approximate surface area is 128 Å². The van der Waals surface area contributed by atoms with Crippen LogP contribution in [0.4, 0.5) is 0 Å². The van der Waals surface area contributed by atoms with Gasteiger partial charge >= 0.3 is 5.97 Å². The van der Waals surface area contributed by atoms with Crippen molar-refractivity contribution >= 4 is 17.6 Å². The van der Waals surface area contributed by atoms with E-state index in [0.717, 1.165) is 17.1 Å². The fourth-order valence-electron chi connectivity index (χ4n) is 1.77. The van der Waals surface area contributed by atoms with Crippen molar-refractivity contribution in [2.24, 2.45) is 0 Å². The van der Waals surface area contributed by atoms with Crippen LogP contribution in [0.25, 0.3) is 0 Å². The molecule has 0 fully saturated rings. The van der Waals surface area contributed by atoms with Gasteiger partial charge in [0.15, 0.2) is 0 Å². The summed E-state index contributed by atoms with van der Waals surface area (Å²) in [6.07, 6.45) is 0. The van der Waals surface area contributed by atoms with Crippen molar-refractivity contribution in [3.05, 3.63) is 64.7 Å².